The molecule has 0 aromatic heterocycles. The molecule has 0 saturated heterocycles. The van der Waals surface area contributed by atoms with E-state index in [1.54, 1.807) is 0 Å². The molecule has 0 aliphatic carbocycles. The van der Waals surface area contributed by atoms with Crippen LogP contribution in [0.15, 0.2) is 28.3 Å². The number of anilines is 1. The first kappa shape index (κ1) is 11.9. The zero-order valence-electron chi connectivity index (χ0n) is 8.63. The van der Waals surface area contributed by atoms with Crippen LogP contribution in [0.3, 0.4) is 0 Å². The Balaban J connectivity index is 2.53. The minimum absolute atomic E-state index is 0.0148. The van der Waals surface area contributed by atoms with Gasteiger partial charge in [0.2, 0.25) is 0 Å². The van der Waals surface area contributed by atoms with Crippen LogP contribution in [0.4, 0.5) is 14.5 Å². The van der Waals surface area contributed by atoms with Crippen molar-refractivity contribution in [2.24, 2.45) is 0 Å². The number of carbonyl (C=O) groups excluding carboxylic acids is 2. The highest BCUT2D eigenvalue weighted by molar-refractivity contribution is 9.10. The summed E-state index contributed by atoms with van der Waals surface area (Å²) >= 11 is 2.87. The Bertz CT molecular complexity index is 569. The maximum atomic E-state index is 13.5. The fourth-order valence-electron chi connectivity index (χ4n) is 1.50. The first-order chi connectivity index (χ1) is 7.91. The molecule has 0 bridgehead atoms. The fraction of sp³-hybridized carbons (Fsp3) is 0.0909. The van der Waals surface area contributed by atoms with Gasteiger partial charge in [0, 0.05) is 17.7 Å². The van der Waals surface area contributed by atoms with Crippen LogP contribution in [0.2, 0.25) is 0 Å². The summed E-state index contributed by atoms with van der Waals surface area (Å²) in [5.41, 5.74) is -0.0452. The number of halogens is 3. The molecule has 0 fully saturated rings. The molecule has 1 aliphatic heterocycles. The van der Waals surface area contributed by atoms with Crippen LogP contribution in [0.25, 0.3) is 0 Å². The maximum Gasteiger partial charge on any atom is 0.261 e. The Morgan fingerprint density at radius 1 is 1.18 bits per heavy atom. The summed E-state index contributed by atoms with van der Waals surface area (Å²) in [5, 5.41) is 0. The zero-order chi connectivity index (χ0) is 12.7. The van der Waals surface area contributed by atoms with Crippen molar-refractivity contribution in [3.05, 3.63) is 39.9 Å². The molecule has 0 atom stereocenters. The second-order valence-electron chi connectivity index (χ2n) is 3.52. The lowest BCUT2D eigenvalue weighted by Crippen LogP contribution is -2.31. The monoisotopic (exact) mass is 301 g/mol. The normalized spacial score (nSPS) is 15.5. The van der Waals surface area contributed by atoms with Gasteiger partial charge in [-0.25, -0.2) is 13.7 Å². The third-order valence-corrected chi connectivity index (χ3v) is 2.94. The van der Waals surface area contributed by atoms with Gasteiger partial charge < -0.3 is 0 Å². The maximum absolute atomic E-state index is 13.5. The van der Waals surface area contributed by atoms with Gasteiger partial charge in [-0.15, -0.1) is 0 Å². The van der Waals surface area contributed by atoms with E-state index in [0.29, 0.717) is 11.0 Å². The molecule has 1 aliphatic rings. The van der Waals surface area contributed by atoms with Crippen LogP contribution in [0.5, 0.6) is 0 Å². The summed E-state index contributed by atoms with van der Waals surface area (Å²) in [4.78, 5) is 23.8. The average Bonchev–Trinajstić information content (AvgIpc) is 2.48. The highest BCUT2D eigenvalue weighted by Gasteiger charge is 2.32. The number of nitrogens with zero attached hydrogens (tertiary/aromatic N) is 1. The Morgan fingerprint density at radius 2 is 1.82 bits per heavy atom. The number of amides is 2. The first-order valence-electron chi connectivity index (χ1n) is 4.63. The second-order valence-corrected chi connectivity index (χ2v) is 4.38. The summed E-state index contributed by atoms with van der Waals surface area (Å²) in [6.45, 7) is 1.46. The van der Waals surface area contributed by atoms with Crippen molar-refractivity contribution in [1.29, 1.82) is 0 Å². The van der Waals surface area contributed by atoms with Crippen LogP contribution >= 0.6 is 15.9 Å². The summed E-state index contributed by atoms with van der Waals surface area (Å²) in [5.74, 6) is -3.00. The molecule has 0 radical (unpaired) electrons. The Morgan fingerprint density at radius 3 is 2.35 bits per heavy atom. The van der Waals surface area contributed by atoms with E-state index in [2.05, 4.69) is 15.9 Å². The van der Waals surface area contributed by atoms with E-state index >= 15 is 0 Å². The van der Waals surface area contributed by atoms with Crippen LogP contribution in [0.1, 0.15) is 6.92 Å². The van der Waals surface area contributed by atoms with Gasteiger partial charge in [0.1, 0.15) is 11.6 Å². The molecule has 2 rings (SSSR count). The van der Waals surface area contributed by atoms with Crippen molar-refractivity contribution in [2.45, 2.75) is 6.92 Å². The van der Waals surface area contributed by atoms with E-state index < -0.39 is 23.4 Å². The van der Waals surface area contributed by atoms with Gasteiger partial charge in [-0.3, -0.25) is 9.59 Å². The summed E-state index contributed by atoms with van der Waals surface area (Å²) in [6, 6.07) is 1.68. The number of rotatable bonds is 1. The van der Waals surface area contributed by atoms with Gasteiger partial charge in [0.05, 0.1) is 10.2 Å². The third kappa shape index (κ3) is 1.88. The molecule has 88 valence electrons. The predicted molar refractivity (Wildman–Crippen MR) is 60.3 cm³/mol. The van der Waals surface area contributed by atoms with Gasteiger partial charge in [-0.2, -0.15) is 0 Å². The number of hydrogen-bond acceptors (Lipinski definition) is 2. The van der Waals surface area contributed by atoms with Gasteiger partial charge in [-0.05, 0) is 28.9 Å². The predicted octanol–water partition coefficient (Wildman–Crippen LogP) is 2.55. The Hall–Kier alpha value is -1.56. The molecular formula is C11H6BrF2NO2. The Labute approximate surface area is 104 Å². The molecule has 2 amide bonds. The van der Waals surface area contributed by atoms with E-state index in [-0.39, 0.29) is 15.7 Å². The van der Waals surface area contributed by atoms with E-state index in [0.717, 1.165) is 12.1 Å². The lowest BCUT2D eigenvalue weighted by Gasteiger charge is -2.15. The van der Waals surface area contributed by atoms with Crippen LogP contribution in [-0.4, -0.2) is 11.8 Å². The summed E-state index contributed by atoms with van der Waals surface area (Å²) < 4.78 is 26.5. The van der Waals surface area contributed by atoms with Crippen molar-refractivity contribution in [3.63, 3.8) is 0 Å². The SMILES string of the molecule is CC1=CC(=O)N(c2cc(Br)c(F)cc2F)C1=O. The van der Waals surface area contributed by atoms with Crippen LogP contribution in [0, 0.1) is 11.6 Å². The van der Waals surface area contributed by atoms with Crippen molar-refractivity contribution >= 4 is 33.4 Å². The van der Waals surface area contributed by atoms with E-state index in [1.165, 1.54) is 6.92 Å². The molecule has 1 aromatic rings. The van der Waals surface area contributed by atoms with Gasteiger partial charge >= 0.3 is 0 Å². The standard InChI is InChI=1S/C11H6BrF2NO2/c1-5-2-10(16)15(11(5)17)9-3-6(12)7(13)4-8(9)14/h2-4H,1H3. The number of imide groups is 1. The molecule has 0 saturated carbocycles. The first-order valence-corrected chi connectivity index (χ1v) is 5.42. The van der Waals surface area contributed by atoms with Gasteiger partial charge in [-0.1, -0.05) is 0 Å². The minimum atomic E-state index is -0.962. The van der Waals surface area contributed by atoms with Crippen molar-refractivity contribution < 1.29 is 18.4 Å². The highest BCUT2D eigenvalue weighted by atomic mass is 79.9. The Kier molecular flexibility index (Phi) is 2.82. The molecule has 1 aromatic carbocycles. The van der Waals surface area contributed by atoms with Gasteiger partial charge in [0.25, 0.3) is 11.8 Å². The quantitative estimate of drug-likeness (QED) is 0.590. The fourth-order valence-corrected chi connectivity index (χ4v) is 1.83. The summed E-state index contributed by atoms with van der Waals surface area (Å²) in [7, 11) is 0. The molecule has 0 unspecified atom stereocenters. The smallest absolute Gasteiger partial charge is 0.261 e. The second kappa shape index (κ2) is 4.03. The molecule has 0 N–H and O–H groups in total. The average molecular weight is 302 g/mol. The molecule has 1 heterocycles. The molecule has 17 heavy (non-hydrogen) atoms. The summed E-state index contributed by atoms with van der Waals surface area (Å²) in [6.07, 6.45) is 1.11. The van der Waals surface area contributed by atoms with E-state index in [1.807, 2.05) is 0 Å². The molecule has 3 nitrogen and oxygen atoms in total. The number of hydrogen-bond donors (Lipinski definition) is 0. The number of benzene rings is 1. The van der Waals surface area contributed by atoms with Crippen molar-refractivity contribution in [1.82, 2.24) is 0 Å². The topological polar surface area (TPSA) is 37.4 Å². The molecular weight excluding hydrogens is 296 g/mol. The minimum Gasteiger partial charge on any atom is -0.269 e. The molecule has 6 heteroatoms. The molecule has 0 spiro atoms. The van der Waals surface area contributed by atoms with Crippen LogP contribution in [-0.2, 0) is 9.59 Å². The third-order valence-electron chi connectivity index (χ3n) is 2.33. The van der Waals surface area contributed by atoms with E-state index in [9.17, 15) is 18.4 Å². The lowest BCUT2D eigenvalue weighted by atomic mass is 10.2. The van der Waals surface area contributed by atoms with Crippen molar-refractivity contribution in [2.75, 3.05) is 4.90 Å². The van der Waals surface area contributed by atoms with Gasteiger partial charge in [0.15, 0.2) is 0 Å². The number of carbonyl (C=O) groups is 2. The largest absolute Gasteiger partial charge is 0.269 e. The lowest BCUT2D eigenvalue weighted by molar-refractivity contribution is -0.120. The van der Waals surface area contributed by atoms with Crippen LogP contribution < -0.4 is 4.90 Å². The highest BCUT2D eigenvalue weighted by Crippen LogP contribution is 2.29. The van der Waals surface area contributed by atoms with E-state index in [4.69, 9.17) is 0 Å². The van der Waals surface area contributed by atoms with Crippen molar-refractivity contribution in [3.8, 4) is 0 Å². The zero-order valence-corrected chi connectivity index (χ0v) is 10.2.